The Morgan fingerprint density at radius 2 is 2.23 bits per heavy atom. The molecule has 22 heavy (non-hydrogen) atoms. The molecule has 1 N–H and O–H groups in total. The van der Waals surface area contributed by atoms with Gasteiger partial charge in [0.15, 0.2) is 12.4 Å². The molecule has 0 atom stereocenters. The number of benzene rings is 1. The number of amides is 2. The number of carbonyl (C=O) groups excluding carboxylic acids is 2. The van der Waals surface area contributed by atoms with Gasteiger partial charge in [-0.05, 0) is 24.6 Å². The Balaban J connectivity index is 1.73. The van der Waals surface area contributed by atoms with Crippen LogP contribution in [-0.4, -0.2) is 30.6 Å². The summed E-state index contributed by atoms with van der Waals surface area (Å²) in [7, 11) is 1.69. The molecule has 0 unspecified atom stereocenters. The van der Waals surface area contributed by atoms with Crippen LogP contribution in [0.3, 0.4) is 0 Å². The van der Waals surface area contributed by atoms with Crippen LogP contribution < -0.4 is 15.0 Å². The van der Waals surface area contributed by atoms with E-state index in [-0.39, 0.29) is 24.8 Å². The lowest BCUT2D eigenvalue weighted by molar-refractivity contribution is -0.121. The summed E-state index contributed by atoms with van der Waals surface area (Å²) in [5.41, 5.74) is 1.44. The molecule has 0 saturated heterocycles. The summed E-state index contributed by atoms with van der Waals surface area (Å²) in [5, 5.41) is 6.37. The van der Waals surface area contributed by atoms with Crippen LogP contribution in [0.4, 0.5) is 11.5 Å². The number of rotatable bonds is 3. The van der Waals surface area contributed by atoms with E-state index in [1.54, 1.807) is 38.2 Å². The summed E-state index contributed by atoms with van der Waals surface area (Å²) in [5.74, 6) is 1.32. The average Bonchev–Trinajstić information content (AvgIpc) is 2.88. The van der Waals surface area contributed by atoms with Crippen molar-refractivity contribution >= 4 is 23.3 Å². The molecule has 0 saturated carbocycles. The molecule has 0 fully saturated rings. The zero-order chi connectivity index (χ0) is 15.7. The van der Waals surface area contributed by atoms with Gasteiger partial charge in [-0.25, -0.2) is 0 Å². The molecular formula is C15H15N3O4. The molecule has 0 bridgehead atoms. The van der Waals surface area contributed by atoms with E-state index in [4.69, 9.17) is 9.26 Å². The second kappa shape index (κ2) is 5.51. The van der Waals surface area contributed by atoms with E-state index >= 15 is 0 Å². The smallest absolute Gasteiger partial charge is 0.264 e. The van der Waals surface area contributed by atoms with Gasteiger partial charge >= 0.3 is 0 Å². The molecule has 2 aromatic rings. The molecule has 3 rings (SSSR count). The van der Waals surface area contributed by atoms with Crippen LogP contribution in [0, 0.1) is 6.92 Å². The highest BCUT2D eigenvalue weighted by Crippen LogP contribution is 2.32. The topological polar surface area (TPSA) is 84.7 Å². The van der Waals surface area contributed by atoms with Crippen molar-refractivity contribution < 1.29 is 18.8 Å². The van der Waals surface area contributed by atoms with Gasteiger partial charge in [0, 0.05) is 13.1 Å². The standard InChI is InChI=1S/C15H15N3O4/c1-9-5-13(17-22-9)16-14(19)7-10-3-4-12-11(6-10)18(2)15(20)8-21-12/h3-6H,7-8H2,1-2H3,(H,16,17,19). The Kier molecular flexibility index (Phi) is 3.54. The second-order valence-corrected chi connectivity index (χ2v) is 5.09. The Labute approximate surface area is 126 Å². The van der Waals surface area contributed by atoms with Gasteiger partial charge in [0.05, 0.1) is 12.1 Å². The van der Waals surface area contributed by atoms with E-state index in [1.807, 2.05) is 0 Å². The molecule has 0 spiro atoms. The van der Waals surface area contributed by atoms with E-state index in [0.717, 1.165) is 5.56 Å². The minimum atomic E-state index is -0.209. The van der Waals surface area contributed by atoms with Crippen molar-refractivity contribution in [2.75, 3.05) is 23.9 Å². The molecular weight excluding hydrogens is 286 g/mol. The highest BCUT2D eigenvalue weighted by Gasteiger charge is 2.22. The lowest BCUT2D eigenvalue weighted by Crippen LogP contribution is -2.35. The van der Waals surface area contributed by atoms with Gasteiger partial charge in [0.25, 0.3) is 5.91 Å². The maximum Gasteiger partial charge on any atom is 0.264 e. The molecule has 1 aromatic heterocycles. The van der Waals surface area contributed by atoms with Gasteiger partial charge < -0.3 is 19.5 Å². The first-order chi connectivity index (χ1) is 10.5. The minimum absolute atomic E-state index is 0.0366. The van der Waals surface area contributed by atoms with Gasteiger partial charge in [-0.1, -0.05) is 11.2 Å². The Hall–Kier alpha value is -2.83. The predicted octanol–water partition coefficient (Wildman–Crippen LogP) is 1.52. The fraction of sp³-hybridized carbons (Fsp3) is 0.267. The van der Waals surface area contributed by atoms with Crippen molar-refractivity contribution in [3.63, 3.8) is 0 Å². The molecule has 1 aromatic carbocycles. The van der Waals surface area contributed by atoms with Crippen LogP contribution >= 0.6 is 0 Å². The molecule has 2 heterocycles. The van der Waals surface area contributed by atoms with Crippen molar-refractivity contribution in [1.82, 2.24) is 5.16 Å². The maximum atomic E-state index is 12.0. The molecule has 1 aliphatic rings. The summed E-state index contributed by atoms with van der Waals surface area (Å²) in [6.07, 6.45) is 0.168. The van der Waals surface area contributed by atoms with Gasteiger partial charge in [-0.3, -0.25) is 9.59 Å². The van der Waals surface area contributed by atoms with Crippen LogP contribution in [0.25, 0.3) is 0 Å². The molecule has 2 amide bonds. The fourth-order valence-corrected chi connectivity index (χ4v) is 2.23. The number of aryl methyl sites for hydroxylation is 1. The number of fused-ring (bicyclic) bond motifs is 1. The number of hydrogen-bond acceptors (Lipinski definition) is 5. The Morgan fingerprint density at radius 1 is 1.41 bits per heavy atom. The van der Waals surface area contributed by atoms with E-state index in [1.165, 1.54) is 4.90 Å². The third-order valence-corrected chi connectivity index (χ3v) is 3.37. The molecule has 0 radical (unpaired) electrons. The molecule has 1 aliphatic heterocycles. The number of nitrogens with zero attached hydrogens (tertiary/aromatic N) is 2. The summed E-state index contributed by atoms with van der Waals surface area (Å²) >= 11 is 0. The average molecular weight is 301 g/mol. The van der Waals surface area contributed by atoms with Gasteiger partial charge in [0.2, 0.25) is 5.91 Å². The lowest BCUT2D eigenvalue weighted by Gasteiger charge is -2.26. The summed E-state index contributed by atoms with van der Waals surface area (Å²) in [4.78, 5) is 25.2. The van der Waals surface area contributed by atoms with E-state index in [9.17, 15) is 9.59 Å². The normalized spacial score (nSPS) is 13.5. The SMILES string of the molecule is Cc1cc(NC(=O)Cc2ccc3c(c2)N(C)C(=O)CO3)no1. The number of carbonyl (C=O) groups is 2. The van der Waals surface area contributed by atoms with Crippen molar-refractivity contribution in [2.24, 2.45) is 0 Å². The first kappa shape index (κ1) is 14.1. The molecule has 7 nitrogen and oxygen atoms in total. The largest absolute Gasteiger partial charge is 0.482 e. The zero-order valence-corrected chi connectivity index (χ0v) is 12.3. The first-order valence-electron chi connectivity index (χ1n) is 6.78. The number of nitrogens with one attached hydrogen (secondary N) is 1. The number of ether oxygens (including phenoxy) is 1. The van der Waals surface area contributed by atoms with E-state index in [0.29, 0.717) is 23.0 Å². The van der Waals surface area contributed by atoms with Crippen LogP contribution in [-0.2, 0) is 16.0 Å². The fourth-order valence-electron chi connectivity index (χ4n) is 2.23. The van der Waals surface area contributed by atoms with Crippen molar-refractivity contribution in [2.45, 2.75) is 13.3 Å². The van der Waals surface area contributed by atoms with E-state index < -0.39 is 0 Å². The Bertz CT molecular complexity index is 738. The first-order valence-corrected chi connectivity index (χ1v) is 6.78. The predicted molar refractivity (Wildman–Crippen MR) is 78.9 cm³/mol. The van der Waals surface area contributed by atoms with Crippen molar-refractivity contribution in [3.05, 3.63) is 35.6 Å². The molecule has 114 valence electrons. The number of hydrogen-bond donors (Lipinski definition) is 1. The van der Waals surface area contributed by atoms with Gasteiger partial charge in [-0.15, -0.1) is 0 Å². The lowest BCUT2D eigenvalue weighted by atomic mass is 10.1. The van der Waals surface area contributed by atoms with Crippen LogP contribution in [0.5, 0.6) is 5.75 Å². The minimum Gasteiger partial charge on any atom is -0.482 e. The third-order valence-electron chi connectivity index (χ3n) is 3.37. The van der Waals surface area contributed by atoms with Gasteiger partial charge in [-0.2, -0.15) is 0 Å². The van der Waals surface area contributed by atoms with Crippen LogP contribution in [0.15, 0.2) is 28.8 Å². The second-order valence-electron chi connectivity index (χ2n) is 5.09. The van der Waals surface area contributed by atoms with Crippen LogP contribution in [0.1, 0.15) is 11.3 Å². The molecule has 0 aliphatic carbocycles. The third kappa shape index (κ3) is 2.78. The highest BCUT2D eigenvalue weighted by molar-refractivity contribution is 5.98. The zero-order valence-electron chi connectivity index (χ0n) is 12.3. The van der Waals surface area contributed by atoms with Crippen molar-refractivity contribution in [3.8, 4) is 5.75 Å². The highest BCUT2D eigenvalue weighted by atomic mass is 16.5. The number of aromatic nitrogens is 1. The summed E-state index contributed by atoms with van der Waals surface area (Å²) < 4.78 is 10.2. The quantitative estimate of drug-likeness (QED) is 0.929. The summed E-state index contributed by atoms with van der Waals surface area (Å²) in [6.45, 7) is 1.79. The molecule has 7 heteroatoms. The van der Waals surface area contributed by atoms with Gasteiger partial charge in [0.1, 0.15) is 11.5 Å². The maximum absolute atomic E-state index is 12.0. The van der Waals surface area contributed by atoms with E-state index in [2.05, 4.69) is 10.5 Å². The number of likely N-dealkylation sites (N-methyl/N-ethyl adjacent to an activating group) is 1. The van der Waals surface area contributed by atoms with Crippen molar-refractivity contribution in [1.29, 1.82) is 0 Å². The monoisotopic (exact) mass is 301 g/mol. The Morgan fingerprint density at radius 3 is 2.95 bits per heavy atom. The number of anilines is 2. The van der Waals surface area contributed by atoms with Crippen LogP contribution in [0.2, 0.25) is 0 Å². The summed E-state index contributed by atoms with van der Waals surface area (Å²) in [6, 6.07) is 6.99.